The van der Waals surface area contributed by atoms with E-state index in [0.717, 1.165) is 21.7 Å². The lowest BCUT2D eigenvalue weighted by atomic mass is 10.1. The molecule has 0 saturated heterocycles. The summed E-state index contributed by atoms with van der Waals surface area (Å²) < 4.78 is 0. The monoisotopic (exact) mass is 360 g/mol. The molecule has 0 saturated carbocycles. The lowest BCUT2D eigenvalue weighted by Gasteiger charge is -2.24. The summed E-state index contributed by atoms with van der Waals surface area (Å²) in [6, 6.07) is 11.1. The van der Waals surface area contributed by atoms with Gasteiger partial charge in [0.2, 0.25) is 11.8 Å². The van der Waals surface area contributed by atoms with E-state index in [0.29, 0.717) is 10.7 Å². The summed E-state index contributed by atoms with van der Waals surface area (Å²) in [5.74, 6) is -0.348. The Labute approximate surface area is 150 Å². The number of aryl methyl sites for hydroxylation is 1. The summed E-state index contributed by atoms with van der Waals surface area (Å²) in [6.07, 6.45) is 0.117. The third kappa shape index (κ3) is 3.57. The molecule has 2 N–H and O–H groups in total. The molecule has 0 aromatic heterocycles. The number of fused-ring (bicyclic) bond motifs is 1. The molecular formula is C18H17ClN2O2S. The number of hydrogen-bond acceptors (Lipinski definition) is 3. The summed E-state index contributed by atoms with van der Waals surface area (Å²) in [4.78, 5) is 25.5. The maximum Gasteiger partial charge on any atom is 0.238 e. The molecule has 124 valence electrons. The number of benzene rings is 2. The van der Waals surface area contributed by atoms with Crippen LogP contribution in [0, 0.1) is 13.8 Å². The Hall–Kier alpha value is -1.98. The second kappa shape index (κ2) is 6.87. The van der Waals surface area contributed by atoms with Gasteiger partial charge in [0, 0.05) is 22.0 Å². The Morgan fingerprint density at radius 2 is 2.08 bits per heavy atom. The molecule has 0 fully saturated rings. The van der Waals surface area contributed by atoms with Gasteiger partial charge in [-0.1, -0.05) is 23.7 Å². The van der Waals surface area contributed by atoms with Gasteiger partial charge in [0.1, 0.15) is 0 Å². The third-order valence-corrected chi connectivity index (χ3v) is 5.52. The first-order valence-electron chi connectivity index (χ1n) is 7.57. The zero-order valence-electron chi connectivity index (χ0n) is 13.4. The summed E-state index contributed by atoms with van der Waals surface area (Å²) >= 11 is 7.33. The van der Waals surface area contributed by atoms with E-state index in [1.807, 2.05) is 38.1 Å². The molecule has 1 aliphatic heterocycles. The SMILES string of the molecule is Cc1cccc(NC(=O)CC2Sc3ccc(Cl)cc3NC2=O)c1C. The van der Waals surface area contributed by atoms with E-state index in [1.54, 1.807) is 12.1 Å². The highest BCUT2D eigenvalue weighted by Gasteiger charge is 2.29. The van der Waals surface area contributed by atoms with Crippen LogP contribution >= 0.6 is 23.4 Å². The van der Waals surface area contributed by atoms with Crippen molar-refractivity contribution >= 4 is 46.6 Å². The largest absolute Gasteiger partial charge is 0.326 e. The van der Waals surface area contributed by atoms with Crippen LogP contribution in [0.3, 0.4) is 0 Å². The molecule has 0 aliphatic carbocycles. The summed E-state index contributed by atoms with van der Waals surface area (Å²) in [5, 5.41) is 5.83. The van der Waals surface area contributed by atoms with Crippen LogP contribution in [0.15, 0.2) is 41.3 Å². The Balaban J connectivity index is 1.69. The van der Waals surface area contributed by atoms with Gasteiger partial charge in [-0.2, -0.15) is 0 Å². The maximum absolute atomic E-state index is 12.3. The van der Waals surface area contributed by atoms with E-state index in [9.17, 15) is 9.59 Å². The smallest absolute Gasteiger partial charge is 0.238 e. The summed E-state index contributed by atoms with van der Waals surface area (Å²) in [6.45, 7) is 3.96. The fourth-order valence-corrected chi connectivity index (χ4v) is 3.78. The minimum absolute atomic E-state index is 0.117. The molecule has 0 spiro atoms. The first-order valence-corrected chi connectivity index (χ1v) is 8.83. The lowest BCUT2D eigenvalue weighted by molar-refractivity contribution is -0.120. The minimum Gasteiger partial charge on any atom is -0.326 e. The number of rotatable bonds is 3. The third-order valence-electron chi connectivity index (χ3n) is 4.01. The second-order valence-corrected chi connectivity index (χ2v) is 7.42. The molecule has 0 radical (unpaired) electrons. The minimum atomic E-state index is -0.455. The van der Waals surface area contributed by atoms with E-state index < -0.39 is 5.25 Å². The van der Waals surface area contributed by atoms with Crippen molar-refractivity contribution in [3.63, 3.8) is 0 Å². The van der Waals surface area contributed by atoms with Crippen molar-refractivity contribution in [3.05, 3.63) is 52.5 Å². The molecule has 6 heteroatoms. The number of thioether (sulfide) groups is 1. The summed E-state index contributed by atoms with van der Waals surface area (Å²) in [5.41, 5.74) is 3.63. The van der Waals surface area contributed by atoms with Gasteiger partial charge in [0.15, 0.2) is 0 Å². The van der Waals surface area contributed by atoms with Crippen LogP contribution in [0.5, 0.6) is 0 Å². The van der Waals surface area contributed by atoms with E-state index in [1.165, 1.54) is 11.8 Å². The number of hydrogen-bond donors (Lipinski definition) is 2. The molecule has 24 heavy (non-hydrogen) atoms. The van der Waals surface area contributed by atoms with Gasteiger partial charge in [-0.25, -0.2) is 0 Å². The van der Waals surface area contributed by atoms with Gasteiger partial charge in [-0.05, 0) is 49.2 Å². The van der Waals surface area contributed by atoms with Gasteiger partial charge in [-0.15, -0.1) is 11.8 Å². The quantitative estimate of drug-likeness (QED) is 0.853. The van der Waals surface area contributed by atoms with Crippen LogP contribution in [0.4, 0.5) is 11.4 Å². The number of anilines is 2. The van der Waals surface area contributed by atoms with E-state index in [2.05, 4.69) is 10.6 Å². The van der Waals surface area contributed by atoms with Crippen LogP contribution in [-0.2, 0) is 9.59 Å². The Morgan fingerprint density at radius 3 is 2.88 bits per heavy atom. The van der Waals surface area contributed by atoms with Gasteiger partial charge in [-0.3, -0.25) is 9.59 Å². The molecule has 2 amide bonds. The van der Waals surface area contributed by atoms with E-state index in [4.69, 9.17) is 11.6 Å². The second-order valence-electron chi connectivity index (χ2n) is 5.74. The van der Waals surface area contributed by atoms with Crippen molar-refractivity contribution in [3.8, 4) is 0 Å². The number of amides is 2. The van der Waals surface area contributed by atoms with Crippen LogP contribution in [0.2, 0.25) is 5.02 Å². The van der Waals surface area contributed by atoms with Crippen molar-refractivity contribution in [1.29, 1.82) is 0 Å². The van der Waals surface area contributed by atoms with Crippen LogP contribution in [-0.4, -0.2) is 17.1 Å². The van der Waals surface area contributed by atoms with Crippen molar-refractivity contribution < 1.29 is 9.59 Å². The molecule has 3 rings (SSSR count). The topological polar surface area (TPSA) is 58.2 Å². The average Bonchev–Trinajstić information content (AvgIpc) is 2.53. The van der Waals surface area contributed by atoms with Gasteiger partial charge >= 0.3 is 0 Å². The molecular weight excluding hydrogens is 344 g/mol. The van der Waals surface area contributed by atoms with Gasteiger partial charge in [0.25, 0.3) is 0 Å². The van der Waals surface area contributed by atoms with Crippen molar-refractivity contribution in [2.45, 2.75) is 30.4 Å². The van der Waals surface area contributed by atoms with E-state index in [-0.39, 0.29) is 18.2 Å². The fraction of sp³-hybridized carbons (Fsp3) is 0.222. The fourth-order valence-electron chi connectivity index (χ4n) is 2.51. The molecule has 2 aromatic carbocycles. The maximum atomic E-state index is 12.3. The average molecular weight is 361 g/mol. The Kier molecular flexibility index (Phi) is 4.83. The first-order chi connectivity index (χ1) is 11.4. The van der Waals surface area contributed by atoms with Crippen LogP contribution < -0.4 is 10.6 Å². The number of nitrogens with one attached hydrogen (secondary N) is 2. The molecule has 2 aromatic rings. The molecule has 1 unspecified atom stereocenters. The highest BCUT2D eigenvalue weighted by molar-refractivity contribution is 8.01. The predicted octanol–water partition coefficient (Wildman–Crippen LogP) is 4.40. The van der Waals surface area contributed by atoms with Crippen LogP contribution in [0.1, 0.15) is 17.5 Å². The zero-order valence-corrected chi connectivity index (χ0v) is 14.9. The number of carbonyl (C=O) groups is 2. The Bertz CT molecular complexity index is 823. The van der Waals surface area contributed by atoms with Crippen molar-refractivity contribution in [2.75, 3.05) is 10.6 Å². The highest BCUT2D eigenvalue weighted by atomic mass is 35.5. The molecule has 1 heterocycles. The Morgan fingerprint density at radius 1 is 1.29 bits per heavy atom. The van der Waals surface area contributed by atoms with Gasteiger partial charge < -0.3 is 10.6 Å². The highest BCUT2D eigenvalue weighted by Crippen LogP contribution is 2.38. The number of halogens is 1. The van der Waals surface area contributed by atoms with Crippen LogP contribution in [0.25, 0.3) is 0 Å². The molecule has 1 aliphatic rings. The first kappa shape index (κ1) is 16.9. The lowest BCUT2D eigenvalue weighted by Crippen LogP contribution is -2.32. The van der Waals surface area contributed by atoms with Crippen molar-refractivity contribution in [2.24, 2.45) is 0 Å². The molecule has 4 nitrogen and oxygen atoms in total. The normalized spacial score (nSPS) is 16.3. The van der Waals surface area contributed by atoms with Gasteiger partial charge in [0.05, 0.1) is 10.9 Å². The van der Waals surface area contributed by atoms with E-state index >= 15 is 0 Å². The number of carbonyl (C=O) groups excluding carboxylic acids is 2. The predicted molar refractivity (Wildman–Crippen MR) is 98.9 cm³/mol. The standard InChI is InChI=1S/C18H17ClN2O2S/c1-10-4-3-5-13(11(10)2)20-17(22)9-16-18(23)21-14-8-12(19)6-7-15(14)24-16/h3-8,16H,9H2,1-2H3,(H,20,22)(H,21,23). The molecule has 1 atom stereocenters. The zero-order chi connectivity index (χ0) is 17.3. The van der Waals surface area contributed by atoms with Crippen molar-refractivity contribution in [1.82, 2.24) is 0 Å². The summed E-state index contributed by atoms with van der Waals surface area (Å²) in [7, 11) is 0. The molecule has 0 bridgehead atoms.